The number of phenols is 1. The molecule has 2 N–H and O–H groups in total. The molecule has 0 fully saturated rings. The molecule has 0 saturated heterocycles. The smallest absolute Gasteiger partial charge is 0.224 e. The molecule has 0 atom stereocenters. The molecule has 1 heterocycles. The largest absolute Gasteiger partial charge is 0.506 e. The summed E-state index contributed by atoms with van der Waals surface area (Å²) in [6.07, 6.45) is 1.67. The maximum Gasteiger partial charge on any atom is 0.224 e. The fraction of sp³-hybridized carbons (Fsp3) is 0.125. The molecule has 23 heavy (non-hydrogen) atoms. The molecule has 118 valence electrons. The third-order valence-corrected chi connectivity index (χ3v) is 4.60. The van der Waals surface area contributed by atoms with Gasteiger partial charge in [0.15, 0.2) is 0 Å². The summed E-state index contributed by atoms with van der Waals surface area (Å²) in [6, 6.07) is 11.5. The lowest BCUT2D eigenvalue weighted by molar-refractivity contribution is 0.468. The van der Waals surface area contributed by atoms with E-state index in [4.69, 9.17) is 0 Å². The van der Waals surface area contributed by atoms with Gasteiger partial charge < -0.3 is 9.67 Å². The van der Waals surface area contributed by atoms with E-state index >= 15 is 0 Å². The summed E-state index contributed by atoms with van der Waals surface area (Å²) in [7, 11) is 0. The molecule has 2 aromatic carbocycles. The molecule has 5 nitrogen and oxygen atoms in total. The number of aromatic hydroxyl groups is 1. The topological polar surface area (TPSA) is 62.4 Å². The summed E-state index contributed by atoms with van der Waals surface area (Å²) in [4.78, 5) is 4.54. The van der Waals surface area contributed by atoms with Crippen LogP contribution in [0, 0.1) is 0 Å². The number of rotatable bonds is 4. The second-order valence-electron chi connectivity index (χ2n) is 4.87. The number of nitrogens with one attached hydrogen (secondary N) is 1. The molecular weight excluding hydrogens is 424 g/mol. The second kappa shape index (κ2) is 6.72. The highest BCUT2D eigenvalue weighted by molar-refractivity contribution is 9.11. The van der Waals surface area contributed by atoms with Gasteiger partial charge in [0.25, 0.3) is 0 Å². The van der Waals surface area contributed by atoms with Crippen molar-refractivity contribution in [1.29, 1.82) is 0 Å². The summed E-state index contributed by atoms with van der Waals surface area (Å²) in [6.45, 7) is 2.87. The number of aromatic nitrogens is 2. The van der Waals surface area contributed by atoms with Gasteiger partial charge in [0.1, 0.15) is 5.75 Å². The third kappa shape index (κ3) is 3.25. The number of halogens is 2. The van der Waals surface area contributed by atoms with Crippen molar-refractivity contribution in [2.75, 3.05) is 5.43 Å². The van der Waals surface area contributed by atoms with Gasteiger partial charge in [-0.1, -0.05) is 12.1 Å². The number of fused-ring (bicyclic) bond motifs is 1. The highest BCUT2D eigenvalue weighted by atomic mass is 79.9. The summed E-state index contributed by atoms with van der Waals surface area (Å²) in [5.74, 6) is 0.866. The van der Waals surface area contributed by atoms with Crippen molar-refractivity contribution in [3.05, 3.63) is 50.9 Å². The summed E-state index contributed by atoms with van der Waals surface area (Å²) in [5, 5.41) is 14.0. The van der Waals surface area contributed by atoms with Gasteiger partial charge in [-0.15, -0.1) is 0 Å². The van der Waals surface area contributed by atoms with E-state index in [0.717, 1.165) is 23.1 Å². The maximum absolute atomic E-state index is 9.72. The Morgan fingerprint density at radius 3 is 2.65 bits per heavy atom. The van der Waals surface area contributed by atoms with E-state index in [0.29, 0.717) is 14.9 Å². The molecule has 0 aliphatic carbocycles. The first kappa shape index (κ1) is 16.0. The monoisotopic (exact) mass is 436 g/mol. The standard InChI is InChI=1S/C16H14Br2N4O/c1-2-22-14-6-4-3-5-13(14)20-16(22)21-19-9-10-7-11(17)15(23)12(18)8-10/h3-9,23H,2H2,1H3,(H,20,21)/b19-9-. The van der Waals surface area contributed by atoms with Crippen LogP contribution in [0.2, 0.25) is 0 Å². The van der Waals surface area contributed by atoms with E-state index in [9.17, 15) is 5.11 Å². The van der Waals surface area contributed by atoms with Crippen molar-refractivity contribution in [1.82, 2.24) is 9.55 Å². The lowest BCUT2D eigenvalue weighted by atomic mass is 10.2. The van der Waals surface area contributed by atoms with Gasteiger partial charge in [-0.25, -0.2) is 10.4 Å². The number of hydrazone groups is 1. The average Bonchev–Trinajstić information content (AvgIpc) is 2.90. The minimum atomic E-state index is 0.169. The molecule has 0 unspecified atom stereocenters. The fourth-order valence-corrected chi connectivity index (χ4v) is 3.53. The molecule has 0 amide bonds. The Hall–Kier alpha value is -1.86. The Kier molecular flexibility index (Phi) is 4.68. The molecule has 0 saturated carbocycles. The number of para-hydroxylation sites is 2. The molecule has 0 aliphatic heterocycles. The Bertz CT molecular complexity index is 866. The van der Waals surface area contributed by atoms with Gasteiger partial charge in [-0.05, 0) is 68.6 Å². The number of nitrogens with zero attached hydrogens (tertiary/aromatic N) is 3. The Labute approximate surface area is 150 Å². The van der Waals surface area contributed by atoms with E-state index < -0.39 is 0 Å². The number of aryl methyl sites for hydroxylation is 1. The number of imidazole rings is 1. The molecule has 7 heteroatoms. The van der Waals surface area contributed by atoms with Crippen LogP contribution in [0.4, 0.5) is 5.95 Å². The van der Waals surface area contributed by atoms with E-state index in [-0.39, 0.29) is 5.75 Å². The average molecular weight is 438 g/mol. The molecule has 0 bridgehead atoms. The highest BCUT2D eigenvalue weighted by Crippen LogP contribution is 2.32. The number of hydrogen-bond acceptors (Lipinski definition) is 4. The van der Waals surface area contributed by atoms with Crippen molar-refractivity contribution in [3.63, 3.8) is 0 Å². The number of benzene rings is 2. The lowest BCUT2D eigenvalue weighted by Gasteiger charge is -2.05. The zero-order chi connectivity index (χ0) is 16.4. The predicted octanol–water partition coefficient (Wildman–Crippen LogP) is 4.73. The minimum absolute atomic E-state index is 0.169. The van der Waals surface area contributed by atoms with Crippen LogP contribution in [0.1, 0.15) is 12.5 Å². The van der Waals surface area contributed by atoms with E-state index in [1.165, 1.54) is 0 Å². The molecular formula is C16H14Br2N4O. The Morgan fingerprint density at radius 2 is 1.96 bits per heavy atom. The Balaban J connectivity index is 1.86. The molecule has 0 aliphatic rings. The van der Waals surface area contributed by atoms with Crippen LogP contribution in [0.3, 0.4) is 0 Å². The number of anilines is 1. The quantitative estimate of drug-likeness (QED) is 0.458. The van der Waals surface area contributed by atoms with Gasteiger partial charge in [0.2, 0.25) is 5.95 Å². The molecule has 3 rings (SSSR count). The van der Waals surface area contributed by atoms with Crippen molar-refractivity contribution in [3.8, 4) is 5.75 Å². The number of phenolic OH excluding ortho intramolecular Hbond substituents is 1. The van der Waals surface area contributed by atoms with Gasteiger partial charge in [0.05, 0.1) is 26.2 Å². The van der Waals surface area contributed by atoms with Crippen LogP contribution in [0.5, 0.6) is 5.75 Å². The molecule has 0 radical (unpaired) electrons. The van der Waals surface area contributed by atoms with Gasteiger partial charge in [-0.3, -0.25) is 0 Å². The van der Waals surface area contributed by atoms with Crippen molar-refractivity contribution in [2.45, 2.75) is 13.5 Å². The molecule has 3 aromatic rings. The second-order valence-corrected chi connectivity index (χ2v) is 6.58. The van der Waals surface area contributed by atoms with Crippen LogP contribution >= 0.6 is 31.9 Å². The van der Waals surface area contributed by atoms with Crippen LogP contribution < -0.4 is 5.43 Å². The zero-order valence-corrected chi connectivity index (χ0v) is 15.5. The lowest BCUT2D eigenvalue weighted by Crippen LogP contribution is -2.01. The van der Waals surface area contributed by atoms with Crippen molar-refractivity contribution >= 4 is 55.1 Å². The minimum Gasteiger partial charge on any atom is -0.506 e. The summed E-state index contributed by atoms with van der Waals surface area (Å²) >= 11 is 6.60. The first-order valence-corrected chi connectivity index (χ1v) is 8.61. The zero-order valence-electron chi connectivity index (χ0n) is 12.3. The predicted molar refractivity (Wildman–Crippen MR) is 100 cm³/mol. The molecule has 1 aromatic heterocycles. The van der Waals surface area contributed by atoms with Crippen LogP contribution in [-0.4, -0.2) is 20.9 Å². The Morgan fingerprint density at radius 1 is 1.26 bits per heavy atom. The number of hydrogen-bond donors (Lipinski definition) is 2. The van der Waals surface area contributed by atoms with Crippen LogP contribution in [-0.2, 0) is 6.54 Å². The molecule has 0 spiro atoms. The summed E-state index contributed by atoms with van der Waals surface area (Å²) in [5.41, 5.74) is 5.83. The highest BCUT2D eigenvalue weighted by Gasteiger charge is 2.08. The van der Waals surface area contributed by atoms with Gasteiger partial charge in [0, 0.05) is 6.54 Å². The normalized spacial score (nSPS) is 11.4. The van der Waals surface area contributed by atoms with Gasteiger partial charge in [-0.2, -0.15) is 5.10 Å². The third-order valence-electron chi connectivity index (χ3n) is 3.39. The van der Waals surface area contributed by atoms with Crippen LogP contribution in [0.15, 0.2) is 50.4 Å². The first-order valence-electron chi connectivity index (χ1n) is 7.02. The van der Waals surface area contributed by atoms with Crippen LogP contribution in [0.25, 0.3) is 11.0 Å². The van der Waals surface area contributed by atoms with Crippen molar-refractivity contribution < 1.29 is 5.11 Å². The van der Waals surface area contributed by atoms with Crippen molar-refractivity contribution in [2.24, 2.45) is 5.10 Å². The summed E-state index contributed by atoms with van der Waals surface area (Å²) < 4.78 is 3.28. The van der Waals surface area contributed by atoms with E-state index in [1.54, 1.807) is 18.3 Å². The SMILES string of the molecule is CCn1c(N/N=C\c2cc(Br)c(O)c(Br)c2)nc2ccccc21. The van der Waals surface area contributed by atoms with E-state index in [2.05, 4.69) is 58.9 Å². The van der Waals surface area contributed by atoms with E-state index in [1.807, 2.05) is 24.3 Å². The van der Waals surface area contributed by atoms with Gasteiger partial charge >= 0.3 is 0 Å². The first-order chi connectivity index (χ1) is 11.1. The maximum atomic E-state index is 9.72. The fourth-order valence-electron chi connectivity index (χ4n) is 2.31.